The highest BCUT2D eigenvalue weighted by atomic mass is 16.6. The van der Waals surface area contributed by atoms with Gasteiger partial charge in [-0.2, -0.15) is 0 Å². The molecular weight excluding hydrogens is 360 g/mol. The highest BCUT2D eigenvalue weighted by Crippen LogP contribution is 2.36. The van der Waals surface area contributed by atoms with E-state index in [1.165, 1.54) is 12.3 Å². The van der Waals surface area contributed by atoms with E-state index in [4.69, 9.17) is 9.15 Å². The first kappa shape index (κ1) is 16.4. The molecule has 0 spiro atoms. The molecule has 0 saturated heterocycles. The van der Waals surface area contributed by atoms with E-state index in [2.05, 4.69) is 4.98 Å². The zero-order chi connectivity index (χ0) is 19.3. The van der Waals surface area contributed by atoms with E-state index in [0.29, 0.717) is 27.9 Å². The number of nitrogens with zero attached hydrogens (tertiary/aromatic N) is 2. The largest absolute Gasteiger partial charge is 0.457 e. The Balaban J connectivity index is 1.61. The van der Waals surface area contributed by atoms with Crippen LogP contribution >= 0.6 is 0 Å². The van der Waals surface area contributed by atoms with E-state index >= 15 is 0 Å². The molecule has 7 nitrogen and oxygen atoms in total. The topological polar surface area (TPSA) is 95.5 Å². The Morgan fingerprint density at radius 1 is 1.04 bits per heavy atom. The van der Waals surface area contributed by atoms with Crippen LogP contribution in [0.1, 0.15) is 17.5 Å². The lowest BCUT2D eigenvalue weighted by Crippen LogP contribution is -2.06. The molecule has 5 rings (SSSR count). The van der Waals surface area contributed by atoms with Gasteiger partial charge in [-0.1, -0.05) is 0 Å². The third-order valence-corrected chi connectivity index (χ3v) is 5.12. The van der Waals surface area contributed by atoms with Crippen molar-refractivity contribution in [2.45, 2.75) is 19.3 Å². The Bertz CT molecular complexity index is 1330. The molecule has 138 valence electrons. The van der Waals surface area contributed by atoms with Crippen LogP contribution in [-0.2, 0) is 12.8 Å². The number of ether oxygens (including phenoxy) is 1. The van der Waals surface area contributed by atoms with Crippen LogP contribution in [0.3, 0.4) is 0 Å². The van der Waals surface area contributed by atoms with Gasteiger partial charge in [-0.05, 0) is 49.1 Å². The van der Waals surface area contributed by atoms with Crippen LogP contribution in [0.5, 0.6) is 11.5 Å². The Morgan fingerprint density at radius 2 is 1.89 bits per heavy atom. The number of hydrogen-bond acceptors (Lipinski definition) is 6. The van der Waals surface area contributed by atoms with Gasteiger partial charge in [-0.3, -0.25) is 15.1 Å². The summed E-state index contributed by atoms with van der Waals surface area (Å²) >= 11 is 0. The smallest absolute Gasteiger partial charge is 0.339 e. The molecule has 0 saturated carbocycles. The first-order valence-electron chi connectivity index (χ1n) is 8.89. The maximum atomic E-state index is 12.2. The van der Waals surface area contributed by atoms with Crippen LogP contribution in [0.4, 0.5) is 5.69 Å². The van der Waals surface area contributed by atoms with E-state index in [1.54, 1.807) is 24.4 Å². The number of aromatic nitrogens is 1. The SMILES string of the molecule is O=c1oc2cc(Oc3ccc([N+](=O)[O-])c4cnccc34)ccc2c2c1CCC2. The summed E-state index contributed by atoms with van der Waals surface area (Å²) in [5.41, 5.74) is 2.00. The van der Waals surface area contributed by atoms with Gasteiger partial charge in [-0.25, -0.2) is 4.79 Å². The van der Waals surface area contributed by atoms with Crippen LogP contribution < -0.4 is 10.4 Å². The van der Waals surface area contributed by atoms with Crippen molar-refractivity contribution in [2.75, 3.05) is 0 Å². The quantitative estimate of drug-likeness (QED) is 0.297. The molecule has 0 atom stereocenters. The molecule has 2 aromatic carbocycles. The number of benzene rings is 2. The van der Waals surface area contributed by atoms with Gasteiger partial charge in [0.1, 0.15) is 17.1 Å². The van der Waals surface area contributed by atoms with Crippen molar-refractivity contribution in [2.24, 2.45) is 0 Å². The van der Waals surface area contributed by atoms with Gasteiger partial charge >= 0.3 is 5.63 Å². The predicted molar refractivity (Wildman–Crippen MR) is 103 cm³/mol. The summed E-state index contributed by atoms with van der Waals surface area (Å²) in [6.07, 6.45) is 5.59. The summed E-state index contributed by atoms with van der Waals surface area (Å²) in [5.74, 6) is 0.950. The van der Waals surface area contributed by atoms with Crippen molar-refractivity contribution in [1.29, 1.82) is 0 Å². The van der Waals surface area contributed by atoms with Crippen molar-refractivity contribution < 1.29 is 14.1 Å². The second-order valence-electron chi connectivity index (χ2n) is 6.72. The van der Waals surface area contributed by atoms with Gasteiger partial charge in [0.05, 0.1) is 10.3 Å². The van der Waals surface area contributed by atoms with Crippen LogP contribution in [0.15, 0.2) is 58.0 Å². The Hall–Kier alpha value is -3.74. The number of hydrogen-bond donors (Lipinski definition) is 0. The molecule has 7 heteroatoms. The molecule has 0 N–H and O–H groups in total. The monoisotopic (exact) mass is 374 g/mol. The molecule has 0 unspecified atom stereocenters. The van der Waals surface area contributed by atoms with Gasteiger partial charge in [0, 0.05) is 40.9 Å². The second-order valence-corrected chi connectivity index (χ2v) is 6.72. The van der Waals surface area contributed by atoms with Crippen molar-refractivity contribution in [3.8, 4) is 11.5 Å². The van der Waals surface area contributed by atoms with Gasteiger partial charge in [0.15, 0.2) is 0 Å². The van der Waals surface area contributed by atoms with Crippen LogP contribution in [0.25, 0.3) is 21.7 Å². The van der Waals surface area contributed by atoms with Crippen LogP contribution in [0, 0.1) is 10.1 Å². The zero-order valence-electron chi connectivity index (χ0n) is 14.7. The number of nitro benzene ring substituents is 1. The normalized spacial score (nSPS) is 13.0. The number of nitro groups is 1. The molecule has 1 aliphatic carbocycles. The fourth-order valence-corrected chi connectivity index (χ4v) is 3.85. The summed E-state index contributed by atoms with van der Waals surface area (Å²) in [6, 6.07) is 10.0. The van der Waals surface area contributed by atoms with E-state index in [9.17, 15) is 14.9 Å². The third kappa shape index (κ3) is 2.51. The lowest BCUT2D eigenvalue weighted by molar-refractivity contribution is -0.383. The number of aryl methyl sites for hydroxylation is 1. The molecule has 0 aliphatic heterocycles. The van der Waals surface area contributed by atoms with Gasteiger partial charge < -0.3 is 9.15 Å². The molecule has 0 amide bonds. The summed E-state index contributed by atoms with van der Waals surface area (Å²) in [4.78, 5) is 27.0. The lowest BCUT2D eigenvalue weighted by atomic mass is 10.1. The maximum Gasteiger partial charge on any atom is 0.339 e. The van der Waals surface area contributed by atoms with Crippen molar-refractivity contribution >= 4 is 27.4 Å². The highest BCUT2D eigenvalue weighted by molar-refractivity contribution is 5.95. The molecule has 0 radical (unpaired) electrons. The van der Waals surface area contributed by atoms with E-state index in [0.717, 1.165) is 35.8 Å². The Kier molecular flexibility index (Phi) is 3.61. The summed E-state index contributed by atoms with van der Waals surface area (Å²) in [5, 5.41) is 13.2. The third-order valence-electron chi connectivity index (χ3n) is 5.12. The Labute approximate surface area is 158 Å². The average molecular weight is 374 g/mol. The molecule has 0 bridgehead atoms. The standard InChI is InChI=1S/C21H14N2O5/c24-21-16-3-1-2-13(16)14-5-4-12(10-20(14)28-21)27-19-7-6-18(23(25)26)17-11-22-9-8-15(17)19/h4-11H,1-3H2. The molecule has 0 fully saturated rings. The minimum absolute atomic E-state index is 0.0319. The number of non-ortho nitro benzene ring substituents is 1. The van der Waals surface area contributed by atoms with E-state index < -0.39 is 4.92 Å². The number of rotatable bonds is 3. The predicted octanol–water partition coefficient (Wildman–Crippen LogP) is 4.53. The average Bonchev–Trinajstić information content (AvgIpc) is 3.19. The molecule has 2 aromatic heterocycles. The van der Waals surface area contributed by atoms with Crippen molar-refractivity contribution in [3.05, 3.63) is 80.5 Å². The molecule has 4 aromatic rings. The van der Waals surface area contributed by atoms with Crippen molar-refractivity contribution in [3.63, 3.8) is 0 Å². The Morgan fingerprint density at radius 3 is 2.75 bits per heavy atom. The minimum atomic E-state index is -0.445. The number of fused-ring (bicyclic) bond motifs is 4. The van der Waals surface area contributed by atoms with Gasteiger partial charge in [0.2, 0.25) is 0 Å². The second kappa shape index (κ2) is 6.16. The fourth-order valence-electron chi connectivity index (χ4n) is 3.85. The summed E-state index contributed by atoms with van der Waals surface area (Å²) in [7, 11) is 0. The molecule has 28 heavy (non-hydrogen) atoms. The first-order chi connectivity index (χ1) is 13.6. The van der Waals surface area contributed by atoms with Crippen molar-refractivity contribution in [1.82, 2.24) is 4.98 Å². The summed E-state index contributed by atoms with van der Waals surface area (Å²) < 4.78 is 11.5. The number of pyridine rings is 1. The molecule has 2 heterocycles. The van der Waals surface area contributed by atoms with Gasteiger partial charge in [0.25, 0.3) is 5.69 Å². The minimum Gasteiger partial charge on any atom is -0.457 e. The van der Waals surface area contributed by atoms with E-state index in [1.807, 2.05) is 12.1 Å². The summed E-state index contributed by atoms with van der Waals surface area (Å²) in [6.45, 7) is 0. The highest BCUT2D eigenvalue weighted by Gasteiger charge is 2.20. The first-order valence-corrected chi connectivity index (χ1v) is 8.89. The van der Waals surface area contributed by atoms with Gasteiger partial charge in [-0.15, -0.1) is 0 Å². The fraction of sp³-hybridized carbons (Fsp3) is 0.143. The van der Waals surface area contributed by atoms with Crippen LogP contribution in [0.2, 0.25) is 0 Å². The molecular formula is C21H14N2O5. The zero-order valence-corrected chi connectivity index (χ0v) is 14.7. The lowest BCUT2D eigenvalue weighted by Gasteiger charge is -2.10. The van der Waals surface area contributed by atoms with Crippen LogP contribution in [-0.4, -0.2) is 9.91 Å². The maximum absolute atomic E-state index is 12.2. The molecule has 1 aliphatic rings. The van der Waals surface area contributed by atoms with E-state index in [-0.39, 0.29) is 11.3 Å².